The largest absolute Gasteiger partial charge is 0.292 e. The maximum absolute atomic E-state index is 12.9. The van der Waals surface area contributed by atoms with Gasteiger partial charge in [-0.25, -0.2) is 4.39 Å². The lowest BCUT2D eigenvalue weighted by atomic mass is 10.2. The summed E-state index contributed by atoms with van der Waals surface area (Å²) >= 11 is 12.5. The van der Waals surface area contributed by atoms with Gasteiger partial charge in [-0.05, 0) is 42.0 Å². The first-order valence-corrected chi connectivity index (χ1v) is 10.3. The van der Waals surface area contributed by atoms with Crippen molar-refractivity contribution in [2.45, 2.75) is 6.42 Å². The molecule has 2 aromatic rings. The Kier molecular flexibility index (Phi) is 7.20. The highest BCUT2D eigenvalue weighted by atomic mass is 35.5. The van der Waals surface area contributed by atoms with E-state index in [9.17, 15) is 18.8 Å². The minimum atomic E-state index is -0.586. The molecule has 154 valence electrons. The number of hydrazine groups is 1. The Hall–Kier alpha value is -2.75. The topological polar surface area (TPSA) is 78.5 Å². The molecule has 1 saturated heterocycles. The summed E-state index contributed by atoms with van der Waals surface area (Å²) in [5.74, 6) is -1.87. The first-order chi connectivity index (χ1) is 14.3. The van der Waals surface area contributed by atoms with E-state index in [-0.39, 0.29) is 24.4 Å². The van der Waals surface area contributed by atoms with Crippen LogP contribution < -0.4 is 10.9 Å². The quantitative estimate of drug-likeness (QED) is 0.403. The summed E-state index contributed by atoms with van der Waals surface area (Å²) in [4.78, 5) is 38.3. The predicted octanol–water partition coefficient (Wildman–Crippen LogP) is 3.53. The van der Waals surface area contributed by atoms with Crippen molar-refractivity contribution in [3.8, 4) is 0 Å². The molecule has 6 nitrogen and oxygen atoms in total. The Morgan fingerprint density at radius 1 is 1.13 bits per heavy atom. The Balaban J connectivity index is 1.52. The highest BCUT2D eigenvalue weighted by molar-refractivity contribution is 8.26. The molecule has 0 saturated carbocycles. The molecule has 0 aliphatic carbocycles. The molecule has 0 spiro atoms. The average molecular weight is 464 g/mol. The van der Waals surface area contributed by atoms with Gasteiger partial charge in [-0.15, -0.1) is 0 Å². The number of carbonyl (C=O) groups is 3. The first-order valence-electron chi connectivity index (χ1n) is 8.70. The Morgan fingerprint density at radius 3 is 2.53 bits per heavy atom. The van der Waals surface area contributed by atoms with Gasteiger partial charge >= 0.3 is 0 Å². The number of benzene rings is 2. The molecule has 0 atom stereocenters. The third-order valence-electron chi connectivity index (χ3n) is 4.05. The molecule has 3 amide bonds. The maximum atomic E-state index is 12.9. The van der Waals surface area contributed by atoms with E-state index in [1.54, 1.807) is 24.3 Å². The van der Waals surface area contributed by atoms with Crippen LogP contribution in [0.3, 0.4) is 0 Å². The number of halogens is 2. The number of thiocarbonyl (C=S) groups is 1. The molecule has 0 bridgehead atoms. The lowest BCUT2D eigenvalue weighted by Crippen LogP contribution is -2.43. The molecule has 0 radical (unpaired) electrons. The van der Waals surface area contributed by atoms with Gasteiger partial charge in [0.1, 0.15) is 10.1 Å². The molecule has 0 aromatic heterocycles. The number of nitrogens with one attached hydrogen (secondary N) is 2. The van der Waals surface area contributed by atoms with Gasteiger partial charge in [-0.2, -0.15) is 0 Å². The molecule has 0 unspecified atom stereocenters. The molecule has 2 aromatic carbocycles. The van der Waals surface area contributed by atoms with Crippen molar-refractivity contribution < 1.29 is 18.8 Å². The Morgan fingerprint density at radius 2 is 1.83 bits per heavy atom. The molecule has 3 rings (SSSR count). The first kappa shape index (κ1) is 21.9. The predicted molar refractivity (Wildman–Crippen MR) is 118 cm³/mol. The molecule has 1 aliphatic heterocycles. The fourth-order valence-electron chi connectivity index (χ4n) is 2.50. The van der Waals surface area contributed by atoms with Crippen molar-refractivity contribution in [3.63, 3.8) is 0 Å². The zero-order valence-electron chi connectivity index (χ0n) is 15.4. The van der Waals surface area contributed by atoms with Crippen molar-refractivity contribution in [2.24, 2.45) is 0 Å². The smallest absolute Gasteiger partial charge is 0.269 e. The van der Waals surface area contributed by atoms with E-state index in [0.29, 0.717) is 19.8 Å². The molecule has 30 heavy (non-hydrogen) atoms. The number of hydrogen-bond acceptors (Lipinski definition) is 5. The Labute approximate surface area is 186 Å². The van der Waals surface area contributed by atoms with Crippen LogP contribution >= 0.6 is 35.6 Å². The average Bonchev–Trinajstić information content (AvgIpc) is 2.99. The number of rotatable bonds is 5. The standard InChI is InChI=1S/C20H15ClFN3O3S2/c21-15-4-2-1-3-13(15)11-16-19(28)25(20(29)30-16)10-9-17(26)23-24-18(27)12-5-7-14(22)8-6-12/h1-8,11H,9-10H2,(H,23,26)(H,24,27)/b16-11-. The maximum Gasteiger partial charge on any atom is 0.269 e. The number of nitrogens with zero attached hydrogens (tertiary/aromatic N) is 1. The van der Waals surface area contributed by atoms with Gasteiger partial charge in [0.15, 0.2) is 0 Å². The molecule has 2 N–H and O–H groups in total. The summed E-state index contributed by atoms with van der Waals surface area (Å²) in [6, 6.07) is 12.0. The van der Waals surface area contributed by atoms with E-state index in [4.69, 9.17) is 23.8 Å². The van der Waals surface area contributed by atoms with Crippen LogP contribution in [-0.2, 0) is 9.59 Å². The molecular weight excluding hydrogens is 449 g/mol. The van der Waals surface area contributed by atoms with E-state index in [1.165, 1.54) is 17.0 Å². The van der Waals surface area contributed by atoms with E-state index < -0.39 is 17.6 Å². The van der Waals surface area contributed by atoms with E-state index in [1.807, 2.05) is 6.07 Å². The second-order valence-corrected chi connectivity index (χ2v) is 8.20. The summed E-state index contributed by atoms with van der Waals surface area (Å²) in [7, 11) is 0. The van der Waals surface area contributed by atoms with Crippen molar-refractivity contribution in [3.05, 3.63) is 75.4 Å². The van der Waals surface area contributed by atoms with E-state index >= 15 is 0 Å². The Bertz CT molecular complexity index is 1040. The van der Waals surface area contributed by atoms with Crippen LogP contribution in [-0.4, -0.2) is 33.5 Å². The second kappa shape index (κ2) is 9.84. The summed E-state index contributed by atoms with van der Waals surface area (Å²) in [5, 5.41) is 0.513. The fraction of sp³-hybridized carbons (Fsp3) is 0.100. The van der Waals surface area contributed by atoms with Gasteiger partial charge in [0, 0.05) is 23.6 Å². The molecule has 1 fully saturated rings. The zero-order valence-corrected chi connectivity index (χ0v) is 17.7. The van der Waals surface area contributed by atoms with Crippen LogP contribution in [0.1, 0.15) is 22.3 Å². The highest BCUT2D eigenvalue weighted by Gasteiger charge is 2.32. The lowest BCUT2D eigenvalue weighted by molar-refractivity contribution is -0.124. The normalized spacial score (nSPS) is 14.9. The van der Waals surface area contributed by atoms with Gasteiger partial charge in [-0.3, -0.25) is 30.1 Å². The SMILES string of the molecule is O=C(CCN1C(=O)/C(=C/c2ccccc2Cl)SC1=S)NNC(=O)c1ccc(F)cc1. The number of thioether (sulfide) groups is 1. The zero-order chi connectivity index (χ0) is 21.7. The molecule has 1 heterocycles. The number of hydrogen-bond donors (Lipinski definition) is 2. The third kappa shape index (κ3) is 5.44. The number of carbonyl (C=O) groups excluding carboxylic acids is 3. The second-order valence-electron chi connectivity index (χ2n) is 6.11. The van der Waals surface area contributed by atoms with Crippen LogP contribution in [0.15, 0.2) is 53.4 Å². The van der Waals surface area contributed by atoms with Gasteiger partial charge in [0.2, 0.25) is 5.91 Å². The monoisotopic (exact) mass is 463 g/mol. The van der Waals surface area contributed by atoms with E-state index in [0.717, 1.165) is 23.9 Å². The lowest BCUT2D eigenvalue weighted by Gasteiger charge is -2.14. The summed E-state index contributed by atoms with van der Waals surface area (Å²) < 4.78 is 13.2. The minimum Gasteiger partial charge on any atom is -0.292 e. The van der Waals surface area contributed by atoms with Crippen molar-refractivity contribution in [1.82, 2.24) is 15.8 Å². The number of amides is 3. The van der Waals surface area contributed by atoms with Gasteiger partial charge in [0.25, 0.3) is 11.8 Å². The van der Waals surface area contributed by atoms with Crippen LogP contribution in [0.25, 0.3) is 6.08 Å². The van der Waals surface area contributed by atoms with Gasteiger partial charge in [-0.1, -0.05) is 53.8 Å². The summed E-state index contributed by atoms with van der Waals surface area (Å²) in [5.41, 5.74) is 5.38. The van der Waals surface area contributed by atoms with Gasteiger partial charge < -0.3 is 0 Å². The highest BCUT2D eigenvalue weighted by Crippen LogP contribution is 2.33. The van der Waals surface area contributed by atoms with E-state index in [2.05, 4.69) is 10.9 Å². The molecular formula is C20H15ClFN3O3S2. The van der Waals surface area contributed by atoms with Gasteiger partial charge in [0.05, 0.1) is 4.91 Å². The van der Waals surface area contributed by atoms with Crippen LogP contribution in [0.5, 0.6) is 0 Å². The molecule has 10 heteroatoms. The van der Waals surface area contributed by atoms with Crippen LogP contribution in [0.2, 0.25) is 5.02 Å². The summed E-state index contributed by atoms with van der Waals surface area (Å²) in [6.45, 7) is 0.0583. The van der Waals surface area contributed by atoms with Crippen molar-refractivity contribution in [2.75, 3.05) is 6.54 Å². The minimum absolute atomic E-state index is 0.0583. The van der Waals surface area contributed by atoms with Crippen molar-refractivity contribution >= 4 is 63.7 Å². The van der Waals surface area contributed by atoms with Crippen LogP contribution in [0.4, 0.5) is 4.39 Å². The summed E-state index contributed by atoms with van der Waals surface area (Å²) in [6.07, 6.45) is 1.58. The molecule has 1 aliphatic rings. The van der Waals surface area contributed by atoms with Crippen LogP contribution in [0, 0.1) is 5.82 Å². The fourth-order valence-corrected chi connectivity index (χ4v) is 3.99. The third-order valence-corrected chi connectivity index (χ3v) is 5.77. The van der Waals surface area contributed by atoms with Crippen molar-refractivity contribution in [1.29, 1.82) is 0 Å².